The van der Waals surface area contributed by atoms with Gasteiger partial charge in [-0.1, -0.05) is 0 Å². The molecule has 0 atom stereocenters. The Labute approximate surface area is 93.4 Å². The third-order valence-corrected chi connectivity index (χ3v) is 4.01. The Bertz CT molecular complexity index is 368. The van der Waals surface area contributed by atoms with Crippen LogP contribution in [-0.4, -0.2) is 25.7 Å². The smallest absolute Gasteiger partial charge is 0.348 e. The summed E-state index contributed by atoms with van der Waals surface area (Å²) in [6, 6.07) is 3.87. The molecule has 0 unspecified atom stereocenters. The van der Waals surface area contributed by atoms with Crippen molar-refractivity contribution in [2.24, 2.45) is 0 Å². The van der Waals surface area contributed by atoms with Gasteiger partial charge in [-0.3, -0.25) is 0 Å². The number of esters is 1. The first-order chi connectivity index (χ1) is 7.19. The number of likely N-dealkylation sites (N-methyl/N-ethyl adjacent to an activating group) is 1. The van der Waals surface area contributed by atoms with E-state index in [4.69, 9.17) is 0 Å². The molecule has 1 heterocycles. The van der Waals surface area contributed by atoms with Crippen molar-refractivity contribution in [2.45, 2.75) is 24.8 Å². The van der Waals surface area contributed by atoms with Gasteiger partial charge in [-0.2, -0.15) is 0 Å². The maximum Gasteiger partial charge on any atom is 0.348 e. The van der Waals surface area contributed by atoms with E-state index in [2.05, 4.69) is 10.1 Å². The minimum Gasteiger partial charge on any atom is -0.465 e. The molecule has 1 N–H and O–H groups in total. The van der Waals surface area contributed by atoms with E-state index in [0.717, 1.165) is 6.42 Å². The molecule has 0 spiro atoms. The van der Waals surface area contributed by atoms with Crippen molar-refractivity contribution < 1.29 is 9.53 Å². The first-order valence-electron chi connectivity index (χ1n) is 5.05. The minimum atomic E-state index is -0.236. The van der Waals surface area contributed by atoms with Crippen molar-refractivity contribution in [1.82, 2.24) is 5.32 Å². The number of carbonyl (C=O) groups is 1. The van der Waals surface area contributed by atoms with Gasteiger partial charge in [0.2, 0.25) is 0 Å². The average Bonchev–Trinajstić information content (AvgIpc) is 2.87. The molecule has 0 aromatic carbocycles. The number of rotatable bonds is 4. The van der Waals surface area contributed by atoms with Crippen LogP contribution in [0.1, 0.15) is 27.4 Å². The number of ether oxygens (including phenoxy) is 1. The predicted octanol–water partition coefficient (Wildman–Crippen LogP) is 1.83. The summed E-state index contributed by atoms with van der Waals surface area (Å²) in [7, 11) is 3.42. The fraction of sp³-hybridized carbons (Fsp3) is 0.545. The molecular weight excluding hydrogens is 210 g/mol. The molecule has 0 bridgehead atoms. The molecule has 2 rings (SSSR count). The van der Waals surface area contributed by atoms with E-state index in [0.29, 0.717) is 10.4 Å². The summed E-state index contributed by atoms with van der Waals surface area (Å²) in [6.45, 7) is 0. The predicted molar refractivity (Wildman–Crippen MR) is 60.4 cm³/mol. The van der Waals surface area contributed by atoms with Gasteiger partial charge in [0, 0.05) is 10.4 Å². The van der Waals surface area contributed by atoms with E-state index in [9.17, 15) is 4.79 Å². The number of nitrogens with one attached hydrogen (secondary N) is 1. The molecule has 82 valence electrons. The number of methoxy groups -OCH3 is 1. The Hall–Kier alpha value is -0.870. The van der Waals surface area contributed by atoms with Gasteiger partial charge in [0.15, 0.2) is 0 Å². The molecule has 0 radical (unpaired) electrons. The van der Waals surface area contributed by atoms with Gasteiger partial charge >= 0.3 is 5.97 Å². The average molecular weight is 225 g/mol. The van der Waals surface area contributed by atoms with Gasteiger partial charge < -0.3 is 10.1 Å². The minimum absolute atomic E-state index is 0.236. The van der Waals surface area contributed by atoms with Crippen LogP contribution in [0.3, 0.4) is 0 Å². The summed E-state index contributed by atoms with van der Waals surface area (Å²) in [5.41, 5.74) is 0.304. The lowest BCUT2D eigenvalue weighted by molar-refractivity contribution is 0.0606. The summed E-state index contributed by atoms with van der Waals surface area (Å²) in [4.78, 5) is 13.2. The van der Waals surface area contributed by atoms with Crippen LogP contribution in [0, 0.1) is 0 Å². The van der Waals surface area contributed by atoms with Gasteiger partial charge in [0.05, 0.1) is 7.11 Å². The van der Waals surface area contributed by atoms with Crippen LogP contribution in [-0.2, 0) is 11.2 Å². The Morgan fingerprint density at radius 2 is 2.33 bits per heavy atom. The van der Waals surface area contributed by atoms with Crippen LogP contribution in [0.15, 0.2) is 12.1 Å². The molecule has 0 amide bonds. The second-order valence-electron chi connectivity index (χ2n) is 3.96. The van der Waals surface area contributed by atoms with E-state index in [-0.39, 0.29) is 5.97 Å². The fourth-order valence-electron chi connectivity index (χ4n) is 1.68. The molecular formula is C11H15NO2S. The van der Waals surface area contributed by atoms with E-state index < -0.39 is 0 Å². The van der Waals surface area contributed by atoms with E-state index >= 15 is 0 Å². The number of thiophene rings is 1. The number of hydrogen-bond acceptors (Lipinski definition) is 4. The van der Waals surface area contributed by atoms with Crippen LogP contribution < -0.4 is 5.32 Å². The summed E-state index contributed by atoms with van der Waals surface area (Å²) >= 11 is 1.53. The third-order valence-electron chi connectivity index (χ3n) is 2.94. The van der Waals surface area contributed by atoms with Crippen molar-refractivity contribution >= 4 is 17.3 Å². The lowest BCUT2D eigenvalue weighted by atomic mass is 10.1. The largest absolute Gasteiger partial charge is 0.465 e. The SMILES string of the molecule is CNC1(Cc2ccc(C(=O)OC)s2)CC1. The Balaban J connectivity index is 2.04. The Kier molecular flexibility index (Phi) is 2.80. The van der Waals surface area contributed by atoms with Crippen LogP contribution in [0.2, 0.25) is 0 Å². The lowest BCUT2D eigenvalue weighted by Crippen LogP contribution is -2.29. The molecule has 1 saturated carbocycles. The van der Waals surface area contributed by atoms with Gasteiger partial charge in [0.25, 0.3) is 0 Å². The monoisotopic (exact) mass is 225 g/mol. The second-order valence-corrected chi connectivity index (χ2v) is 5.13. The third kappa shape index (κ3) is 2.21. The number of hydrogen-bond donors (Lipinski definition) is 1. The standard InChI is InChI=1S/C11H15NO2S/c1-12-11(5-6-11)7-8-3-4-9(15-8)10(13)14-2/h3-4,12H,5-7H2,1-2H3. The highest BCUT2D eigenvalue weighted by Gasteiger charge is 2.41. The molecule has 1 aliphatic rings. The summed E-state index contributed by atoms with van der Waals surface area (Å²) in [6.07, 6.45) is 3.48. The molecule has 1 aromatic heterocycles. The molecule has 4 heteroatoms. The maximum atomic E-state index is 11.3. The molecule has 1 aromatic rings. The van der Waals surface area contributed by atoms with Crippen molar-refractivity contribution in [1.29, 1.82) is 0 Å². The molecule has 0 saturated heterocycles. The highest BCUT2D eigenvalue weighted by Crippen LogP contribution is 2.39. The fourth-order valence-corrected chi connectivity index (χ4v) is 2.75. The van der Waals surface area contributed by atoms with Crippen molar-refractivity contribution in [3.63, 3.8) is 0 Å². The topological polar surface area (TPSA) is 38.3 Å². The lowest BCUT2D eigenvalue weighted by Gasteiger charge is -2.11. The molecule has 15 heavy (non-hydrogen) atoms. The normalized spacial score (nSPS) is 17.5. The first kappa shape index (κ1) is 10.6. The highest BCUT2D eigenvalue weighted by atomic mass is 32.1. The van der Waals surface area contributed by atoms with E-state index in [1.807, 2.05) is 19.2 Å². The van der Waals surface area contributed by atoms with Crippen LogP contribution in [0.4, 0.5) is 0 Å². The summed E-state index contributed by atoms with van der Waals surface area (Å²) in [5, 5.41) is 3.34. The van der Waals surface area contributed by atoms with Gasteiger partial charge in [0.1, 0.15) is 4.88 Å². The summed E-state index contributed by atoms with van der Waals surface area (Å²) in [5.74, 6) is -0.236. The summed E-state index contributed by atoms with van der Waals surface area (Å²) < 4.78 is 4.68. The van der Waals surface area contributed by atoms with Gasteiger partial charge in [-0.05, 0) is 38.4 Å². The van der Waals surface area contributed by atoms with Crippen molar-refractivity contribution in [3.05, 3.63) is 21.9 Å². The zero-order valence-corrected chi connectivity index (χ0v) is 9.82. The van der Waals surface area contributed by atoms with Crippen LogP contribution in [0.5, 0.6) is 0 Å². The maximum absolute atomic E-state index is 11.3. The zero-order valence-electron chi connectivity index (χ0n) is 9.00. The molecule has 3 nitrogen and oxygen atoms in total. The quantitative estimate of drug-likeness (QED) is 0.794. The van der Waals surface area contributed by atoms with Crippen LogP contribution in [0.25, 0.3) is 0 Å². The zero-order chi connectivity index (χ0) is 10.9. The van der Waals surface area contributed by atoms with Crippen LogP contribution >= 0.6 is 11.3 Å². The Morgan fingerprint density at radius 3 is 2.87 bits per heavy atom. The molecule has 1 fully saturated rings. The van der Waals surface area contributed by atoms with E-state index in [1.165, 1.54) is 36.2 Å². The van der Waals surface area contributed by atoms with Crippen molar-refractivity contribution in [3.8, 4) is 0 Å². The van der Waals surface area contributed by atoms with Crippen molar-refractivity contribution in [2.75, 3.05) is 14.2 Å². The number of carbonyl (C=O) groups excluding carboxylic acids is 1. The highest BCUT2D eigenvalue weighted by molar-refractivity contribution is 7.13. The Morgan fingerprint density at radius 1 is 1.60 bits per heavy atom. The molecule has 1 aliphatic carbocycles. The molecule has 0 aliphatic heterocycles. The van der Waals surface area contributed by atoms with E-state index in [1.54, 1.807) is 0 Å². The first-order valence-corrected chi connectivity index (χ1v) is 5.87. The second kappa shape index (κ2) is 3.94. The van der Waals surface area contributed by atoms with Gasteiger partial charge in [-0.25, -0.2) is 4.79 Å². The van der Waals surface area contributed by atoms with Gasteiger partial charge in [-0.15, -0.1) is 11.3 Å².